The van der Waals surface area contributed by atoms with Crippen molar-refractivity contribution in [1.82, 2.24) is 9.97 Å². The van der Waals surface area contributed by atoms with E-state index >= 15 is 0 Å². The maximum Gasteiger partial charge on any atom is 0.326 e. The Morgan fingerprint density at radius 1 is 1.11 bits per heavy atom. The van der Waals surface area contributed by atoms with E-state index in [0.717, 1.165) is 5.56 Å². The molecule has 0 radical (unpaired) electrons. The first-order valence-electron chi connectivity index (χ1n) is 13.3. The van der Waals surface area contributed by atoms with Crippen molar-refractivity contribution in [2.45, 2.75) is 103 Å². The molecule has 1 atom stereocenters. The van der Waals surface area contributed by atoms with E-state index in [1.165, 1.54) is 7.11 Å². The number of nitrogens with zero attached hydrogens (tertiary/aromatic N) is 3. The number of hydrogen-bond donors (Lipinski definition) is 0. The fraction of sp³-hybridized carbons (Fsp3) is 0.586. The topological polar surface area (TPSA) is 81.6 Å². The molecular formula is C29H42ClN3O4Si. The molecule has 208 valence electrons. The summed E-state index contributed by atoms with van der Waals surface area (Å²) >= 11 is 6.40. The minimum absolute atomic E-state index is 0.0131. The number of carbonyl (C=O) groups is 2. The van der Waals surface area contributed by atoms with E-state index in [0.29, 0.717) is 45.3 Å². The SMILES string of the molecule is COC(=O)C1(Cc2ncc(Cl)cc2CO[Si](C(C)C)(C(C)C)C(C)C)C(=O)N(C(C)(C)C)c2ncccc21. The number of esters is 1. The minimum Gasteiger partial charge on any atom is -0.468 e. The maximum absolute atomic E-state index is 14.2. The zero-order chi connectivity index (χ0) is 28.6. The van der Waals surface area contributed by atoms with E-state index in [4.69, 9.17) is 20.8 Å². The first-order valence-corrected chi connectivity index (χ1v) is 15.8. The lowest BCUT2D eigenvalue weighted by molar-refractivity contribution is -0.151. The van der Waals surface area contributed by atoms with Crippen LogP contribution in [0.5, 0.6) is 0 Å². The van der Waals surface area contributed by atoms with Gasteiger partial charge in [-0.2, -0.15) is 0 Å². The number of rotatable bonds is 9. The van der Waals surface area contributed by atoms with Crippen LogP contribution in [0, 0.1) is 0 Å². The highest BCUT2D eigenvalue weighted by Gasteiger charge is 2.60. The minimum atomic E-state index is -2.20. The number of amides is 1. The van der Waals surface area contributed by atoms with Gasteiger partial charge < -0.3 is 9.16 Å². The third-order valence-corrected chi connectivity index (χ3v) is 14.1. The van der Waals surface area contributed by atoms with Gasteiger partial charge in [0.25, 0.3) is 5.91 Å². The molecule has 3 heterocycles. The van der Waals surface area contributed by atoms with Gasteiger partial charge in [0.05, 0.1) is 18.7 Å². The summed E-state index contributed by atoms with van der Waals surface area (Å²) in [7, 11) is -0.891. The quantitative estimate of drug-likeness (QED) is 0.195. The number of aromatic nitrogens is 2. The molecule has 0 saturated heterocycles. The van der Waals surface area contributed by atoms with Crippen molar-refractivity contribution >= 4 is 37.6 Å². The van der Waals surface area contributed by atoms with Crippen LogP contribution in [0.25, 0.3) is 0 Å². The normalized spacial score (nSPS) is 18.1. The molecule has 0 bridgehead atoms. The number of methoxy groups -OCH3 is 1. The molecule has 0 spiro atoms. The van der Waals surface area contributed by atoms with Crippen molar-refractivity contribution in [2.24, 2.45) is 0 Å². The molecule has 0 saturated carbocycles. The summed E-state index contributed by atoms with van der Waals surface area (Å²) in [5.74, 6) is -0.542. The molecule has 1 unspecified atom stereocenters. The van der Waals surface area contributed by atoms with E-state index < -0.39 is 25.2 Å². The Kier molecular flexibility index (Phi) is 8.81. The van der Waals surface area contributed by atoms with Crippen LogP contribution in [0.15, 0.2) is 30.6 Å². The molecule has 2 aromatic heterocycles. The van der Waals surface area contributed by atoms with E-state index in [9.17, 15) is 9.59 Å². The van der Waals surface area contributed by atoms with Crippen molar-refractivity contribution in [3.63, 3.8) is 0 Å². The van der Waals surface area contributed by atoms with Crippen LogP contribution in [0.4, 0.5) is 5.82 Å². The summed E-state index contributed by atoms with van der Waals surface area (Å²) in [5.41, 5.74) is 0.837. The summed E-state index contributed by atoms with van der Waals surface area (Å²) in [6.45, 7) is 19.5. The number of pyridine rings is 2. The summed E-state index contributed by atoms with van der Waals surface area (Å²) in [5, 5.41) is 0.474. The van der Waals surface area contributed by atoms with Gasteiger partial charge in [-0.15, -0.1) is 0 Å². The third-order valence-electron chi connectivity index (χ3n) is 7.88. The summed E-state index contributed by atoms with van der Waals surface area (Å²) in [4.78, 5) is 38.5. The Hall–Kier alpha value is -2.29. The van der Waals surface area contributed by atoms with E-state index in [1.54, 1.807) is 29.4 Å². The number of ether oxygens (including phenoxy) is 1. The second-order valence-corrected chi connectivity index (χ2v) is 18.0. The lowest BCUT2D eigenvalue weighted by Crippen LogP contribution is -2.53. The van der Waals surface area contributed by atoms with Crippen LogP contribution in [-0.2, 0) is 37.2 Å². The maximum atomic E-state index is 14.2. The fourth-order valence-corrected chi connectivity index (χ4v) is 11.9. The van der Waals surface area contributed by atoms with Gasteiger partial charge in [0.1, 0.15) is 5.82 Å². The Bertz CT molecular complexity index is 1170. The van der Waals surface area contributed by atoms with Crippen LogP contribution in [0.1, 0.15) is 79.1 Å². The van der Waals surface area contributed by atoms with Gasteiger partial charge in [0.2, 0.25) is 8.32 Å². The highest BCUT2D eigenvalue weighted by atomic mass is 35.5. The molecular weight excluding hydrogens is 518 g/mol. The van der Waals surface area contributed by atoms with Crippen molar-refractivity contribution in [2.75, 3.05) is 12.0 Å². The van der Waals surface area contributed by atoms with Gasteiger partial charge in [-0.25, -0.2) is 4.98 Å². The number of carbonyl (C=O) groups excluding carboxylic acids is 2. The highest BCUT2D eigenvalue weighted by molar-refractivity contribution is 6.77. The van der Waals surface area contributed by atoms with E-state index in [-0.39, 0.29) is 12.3 Å². The van der Waals surface area contributed by atoms with Crippen molar-refractivity contribution in [1.29, 1.82) is 0 Å². The van der Waals surface area contributed by atoms with Crippen molar-refractivity contribution in [3.05, 3.63) is 52.4 Å². The van der Waals surface area contributed by atoms with Crippen LogP contribution >= 0.6 is 11.6 Å². The Morgan fingerprint density at radius 2 is 1.71 bits per heavy atom. The molecule has 38 heavy (non-hydrogen) atoms. The molecule has 0 aromatic carbocycles. The lowest BCUT2D eigenvalue weighted by atomic mass is 9.77. The lowest BCUT2D eigenvalue weighted by Gasteiger charge is -2.42. The van der Waals surface area contributed by atoms with Gasteiger partial charge in [0, 0.05) is 35.6 Å². The Labute approximate surface area is 233 Å². The molecule has 0 N–H and O–H groups in total. The number of hydrogen-bond acceptors (Lipinski definition) is 6. The molecule has 1 aliphatic heterocycles. The Balaban J connectivity index is 2.15. The Morgan fingerprint density at radius 3 is 2.24 bits per heavy atom. The van der Waals surface area contributed by atoms with E-state index in [1.807, 2.05) is 26.8 Å². The smallest absolute Gasteiger partial charge is 0.326 e. The standard InChI is InChI=1S/C29H42ClN3O4Si/c1-18(2)38(19(3)4,20(5)6)37-17-21-14-22(30)16-32-24(21)15-29(27(35)36-10)23-12-11-13-31-25(23)33(26(29)34)28(7,8)9/h11-14,16,18-20H,15,17H2,1-10H3. The molecule has 1 amide bonds. The molecule has 1 aliphatic rings. The first-order chi connectivity index (χ1) is 17.6. The largest absolute Gasteiger partial charge is 0.468 e. The molecule has 9 heteroatoms. The van der Waals surface area contributed by atoms with Gasteiger partial charge in [-0.3, -0.25) is 19.5 Å². The monoisotopic (exact) mass is 559 g/mol. The summed E-state index contributed by atoms with van der Waals surface area (Å²) < 4.78 is 12.1. The zero-order valence-electron chi connectivity index (χ0n) is 24.4. The molecule has 7 nitrogen and oxygen atoms in total. The van der Waals surface area contributed by atoms with Gasteiger partial charge in [-0.05, 0) is 55.1 Å². The second-order valence-electron chi connectivity index (χ2n) is 12.1. The first kappa shape index (κ1) is 30.3. The second kappa shape index (κ2) is 11.1. The zero-order valence-corrected chi connectivity index (χ0v) is 26.1. The van der Waals surface area contributed by atoms with Crippen LogP contribution in [0.2, 0.25) is 21.6 Å². The van der Waals surface area contributed by atoms with Gasteiger partial charge >= 0.3 is 5.97 Å². The molecule has 3 rings (SSSR count). The van der Waals surface area contributed by atoms with E-state index in [2.05, 4.69) is 51.5 Å². The summed E-state index contributed by atoms with van der Waals surface area (Å²) in [6, 6.07) is 5.35. The predicted octanol–water partition coefficient (Wildman–Crippen LogP) is 6.62. The van der Waals surface area contributed by atoms with Crippen LogP contribution in [-0.4, -0.2) is 42.8 Å². The van der Waals surface area contributed by atoms with Gasteiger partial charge in [-0.1, -0.05) is 59.2 Å². The predicted molar refractivity (Wildman–Crippen MR) is 154 cm³/mol. The van der Waals surface area contributed by atoms with Crippen molar-refractivity contribution in [3.8, 4) is 0 Å². The third kappa shape index (κ3) is 5.03. The fourth-order valence-electron chi connectivity index (χ4n) is 6.29. The average molecular weight is 560 g/mol. The van der Waals surface area contributed by atoms with Gasteiger partial charge in [0.15, 0.2) is 5.41 Å². The van der Waals surface area contributed by atoms with Crippen LogP contribution in [0.3, 0.4) is 0 Å². The van der Waals surface area contributed by atoms with Crippen LogP contribution < -0.4 is 4.90 Å². The van der Waals surface area contributed by atoms with Crippen molar-refractivity contribution < 1.29 is 18.8 Å². The number of fused-ring (bicyclic) bond motifs is 1. The number of halogens is 1. The summed E-state index contributed by atoms with van der Waals surface area (Å²) in [6.07, 6.45) is 3.19. The highest BCUT2D eigenvalue weighted by Crippen LogP contribution is 2.47. The molecule has 2 aromatic rings. The number of anilines is 1. The molecule has 0 aliphatic carbocycles. The molecule has 0 fully saturated rings. The average Bonchev–Trinajstić information content (AvgIpc) is 3.08.